The van der Waals surface area contributed by atoms with Gasteiger partial charge in [0.25, 0.3) is 0 Å². The van der Waals surface area contributed by atoms with Crippen molar-refractivity contribution in [1.82, 2.24) is 15.1 Å². The van der Waals surface area contributed by atoms with E-state index >= 15 is 0 Å². The summed E-state index contributed by atoms with van der Waals surface area (Å²) < 4.78 is 28.8. The van der Waals surface area contributed by atoms with E-state index in [1.54, 1.807) is 22.9 Å². The first kappa shape index (κ1) is 20.5. The van der Waals surface area contributed by atoms with Gasteiger partial charge in [0.2, 0.25) is 5.91 Å². The first-order chi connectivity index (χ1) is 15.1. The molecule has 0 aliphatic rings. The van der Waals surface area contributed by atoms with E-state index in [-0.39, 0.29) is 30.5 Å². The Morgan fingerprint density at radius 1 is 0.871 bits per heavy atom. The molecule has 0 aliphatic heterocycles. The van der Waals surface area contributed by atoms with Crippen LogP contribution < -0.4 is 5.32 Å². The molecule has 0 spiro atoms. The summed E-state index contributed by atoms with van der Waals surface area (Å²) in [6, 6.07) is 23.9. The minimum atomic E-state index is -0.330. The van der Waals surface area contributed by atoms with E-state index in [0.29, 0.717) is 17.5 Å². The predicted octanol–water partition coefficient (Wildman–Crippen LogP) is 5.07. The highest BCUT2D eigenvalue weighted by Crippen LogP contribution is 2.25. The topological polar surface area (TPSA) is 46.9 Å². The van der Waals surface area contributed by atoms with Crippen LogP contribution in [-0.2, 0) is 17.8 Å². The number of halogens is 2. The molecule has 1 aromatic heterocycles. The Hall–Kier alpha value is -3.80. The van der Waals surface area contributed by atoms with E-state index in [4.69, 9.17) is 0 Å². The number of rotatable bonds is 7. The number of nitrogens with one attached hydrogen (secondary N) is 1. The van der Waals surface area contributed by atoms with Crippen LogP contribution >= 0.6 is 0 Å². The maximum absolute atomic E-state index is 13.8. The molecule has 1 heterocycles. The van der Waals surface area contributed by atoms with Gasteiger partial charge >= 0.3 is 0 Å². The lowest BCUT2D eigenvalue weighted by Crippen LogP contribution is -2.23. The fraction of sp³-hybridized carbons (Fsp3) is 0.120. The SMILES string of the molecule is O=C(CCc1cc(-c2cccc(F)c2)n(-c2ccccc2)n1)NCc1cccc(F)c1. The lowest BCUT2D eigenvalue weighted by Gasteiger charge is -2.07. The average Bonchev–Trinajstić information content (AvgIpc) is 3.21. The van der Waals surface area contributed by atoms with Gasteiger partial charge in [-0.3, -0.25) is 4.79 Å². The van der Waals surface area contributed by atoms with Crippen molar-refractivity contribution in [3.05, 3.63) is 108 Å². The van der Waals surface area contributed by atoms with Crippen LogP contribution in [0.5, 0.6) is 0 Å². The molecule has 0 bridgehead atoms. The Balaban J connectivity index is 1.49. The molecule has 0 radical (unpaired) electrons. The number of aryl methyl sites for hydroxylation is 1. The molecule has 0 saturated carbocycles. The number of aromatic nitrogens is 2. The van der Waals surface area contributed by atoms with E-state index in [0.717, 1.165) is 17.1 Å². The van der Waals surface area contributed by atoms with Gasteiger partial charge in [0.1, 0.15) is 11.6 Å². The Morgan fingerprint density at radius 3 is 2.35 bits per heavy atom. The molecule has 4 aromatic rings. The number of amides is 1. The highest BCUT2D eigenvalue weighted by Gasteiger charge is 2.13. The Morgan fingerprint density at radius 2 is 1.61 bits per heavy atom. The fourth-order valence-corrected chi connectivity index (χ4v) is 3.35. The van der Waals surface area contributed by atoms with E-state index < -0.39 is 0 Å². The summed E-state index contributed by atoms with van der Waals surface area (Å²) in [5.41, 5.74) is 3.74. The fourth-order valence-electron chi connectivity index (χ4n) is 3.35. The minimum absolute atomic E-state index is 0.147. The largest absolute Gasteiger partial charge is 0.352 e. The zero-order chi connectivity index (χ0) is 21.6. The molecule has 0 fully saturated rings. The molecule has 0 atom stereocenters. The summed E-state index contributed by atoms with van der Waals surface area (Å²) in [6.45, 7) is 0.267. The van der Waals surface area contributed by atoms with Crippen molar-refractivity contribution in [1.29, 1.82) is 0 Å². The van der Waals surface area contributed by atoms with Crippen molar-refractivity contribution in [3.63, 3.8) is 0 Å². The van der Waals surface area contributed by atoms with Gasteiger partial charge in [0, 0.05) is 24.9 Å². The number of carbonyl (C=O) groups excluding carboxylic acids is 1. The van der Waals surface area contributed by atoms with Crippen molar-refractivity contribution in [2.75, 3.05) is 0 Å². The molecule has 1 N–H and O–H groups in total. The van der Waals surface area contributed by atoms with Crippen LogP contribution in [-0.4, -0.2) is 15.7 Å². The van der Waals surface area contributed by atoms with Crippen molar-refractivity contribution in [3.8, 4) is 16.9 Å². The Kier molecular flexibility index (Phi) is 6.17. The predicted molar refractivity (Wildman–Crippen MR) is 116 cm³/mol. The second kappa shape index (κ2) is 9.34. The van der Waals surface area contributed by atoms with Crippen LogP contribution in [0, 0.1) is 11.6 Å². The van der Waals surface area contributed by atoms with Gasteiger partial charge in [-0.2, -0.15) is 5.10 Å². The molecule has 4 rings (SSSR count). The molecule has 0 saturated heterocycles. The van der Waals surface area contributed by atoms with Gasteiger partial charge in [-0.1, -0.05) is 42.5 Å². The highest BCUT2D eigenvalue weighted by atomic mass is 19.1. The smallest absolute Gasteiger partial charge is 0.220 e. The van der Waals surface area contributed by atoms with E-state index in [2.05, 4.69) is 10.4 Å². The second-order valence-corrected chi connectivity index (χ2v) is 7.19. The quantitative estimate of drug-likeness (QED) is 0.457. The van der Waals surface area contributed by atoms with Crippen molar-refractivity contribution in [2.24, 2.45) is 0 Å². The third kappa shape index (κ3) is 5.22. The van der Waals surface area contributed by atoms with Gasteiger partial charge in [0.05, 0.1) is 17.1 Å². The summed E-state index contributed by atoms with van der Waals surface area (Å²) in [5.74, 6) is -0.800. The van der Waals surface area contributed by atoms with Crippen molar-refractivity contribution >= 4 is 5.91 Å². The van der Waals surface area contributed by atoms with Gasteiger partial charge in [-0.25, -0.2) is 13.5 Å². The van der Waals surface area contributed by atoms with Crippen LogP contribution in [0.25, 0.3) is 16.9 Å². The molecular formula is C25H21F2N3O. The zero-order valence-corrected chi connectivity index (χ0v) is 16.8. The van der Waals surface area contributed by atoms with E-state index in [1.165, 1.54) is 24.3 Å². The highest BCUT2D eigenvalue weighted by molar-refractivity contribution is 5.76. The molecule has 31 heavy (non-hydrogen) atoms. The number of hydrogen-bond acceptors (Lipinski definition) is 2. The van der Waals surface area contributed by atoms with Crippen molar-refractivity contribution in [2.45, 2.75) is 19.4 Å². The molecular weight excluding hydrogens is 396 g/mol. The monoisotopic (exact) mass is 417 g/mol. The third-order valence-electron chi connectivity index (χ3n) is 4.87. The number of hydrogen-bond donors (Lipinski definition) is 1. The van der Waals surface area contributed by atoms with Gasteiger partial charge < -0.3 is 5.32 Å². The molecule has 1 amide bonds. The number of carbonyl (C=O) groups is 1. The molecule has 4 nitrogen and oxygen atoms in total. The Bertz CT molecular complexity index is 1190. The first-order valence-electron chi connectivity index (χ1n) is 10.00. The molecule has 6 heteroatoms. The zero-order valence-electron chi connectivity index (χ0n) is 16.8. The summed E-state index contributed by atoms with van der Waals surface area (Å²) in [4.78, 5) is 12.3. The standard InChI is InChI=1S/C25H21F2N3O/c26-20-8-4-6-18(14-20)17-28-25(31)13-12-22-16-24(19-7-5-9-21(27)15-19)30(29-22)23-10-2-1-3-11-23/h1-11,14-16H,12-13,17H2,(H,28,31). The van der Waals surface area contributed by atoms with Crippen LogP contribution in [0.4, 0.5) is 8.78 Å². The van der Waals surface area contributed by atoms with Gasteiger partial charge in [-0.05, 0) is 48.0 Å². The lowest BCUT2D eigenvalue weighted by molar-refractivity contribution is -0.121. The summed E-state index contributed by atoms with van der Waals surface area (Å²) in [7, 11) is 0. The minimum Gasteiger partial charge on any atom is -0.352 e. The van der Waals surface area contributed by atoms with Crippen LogP contribution in [0.2, 0.25) is 0 Å². The van der Waals surface area contributed by atoms with Crippen molar-refractivity contribution < 1.29 is 13.6 Å². The van der Waals surface area contributed by atoms with Gasteiger partial charge in [-0.15, -0.1) is 0 Å². The van der Waals surface area contributed by atoms with Gasteiger partial charge in [0.15, 0.2) is 0 Å². The molecule has 0 aliphatic carbocycles. The summed E-state index contributed by atoms with van der Waals surface area (Å²) in [6.07, 6.45) is 0.668. The summed E-state index contributed by atoms with van der Waals surface area (Å²) in [5, 5.41) is 7.45. The Labute approximate surface area is 179 Å². The number of nitrogens with zero attached hydrogens (tertiary/aromatic N) is 2. The maximum atomic E-state index is 13.8. The maximum Gasteiger partial charge on any atom is 0.220 e. The van der Waals surface area contributed by atoms with Crippen LogP contribution in [0.15, 0.2) is 84.9 Å². The van der Waals surface area contributed by atoms with E-state index in [1.807, 2.05) is 42.5 Å². The summed E-state index contributed by atoms with van der Waals surface area (Å²) >= 11 is 0. The third-order valence-corrected chi connectivity index (χ3v) is 4.87. The number of benzene rings is 3. The molecule has 0 unspecified atom stereocenters. The van der Waals surface area contributed by atoms with Crippen LogP contribution in [0.3, 0.4) is 0 Å². The normalized spacial score (nSPS) is 10.8. The van der Waals surface area contributed by atoms with Crippen LogP contribution in [0.1, 0.15) is 17.7 Å². The van der Waals surface area contributed by atoms with E-state index in [9.17, 15) is 13.6 Å². The number of para-hydroxylation sites is 1. The second-order valence-electron chi connectivity index (χ2n) is 7.19. The average molecular weight is 417 g/mol. The first-order valence-corrected chi connectivity index (χ1v) is 10.00. The molecule has 156 valence electrons. The lowest BCUT2D eigenvalue weighted by atomic mass is 10.1. The molecule has 3 aromatic carbocycles.